The summed E-state index contributed by atoms with van der Waals surface area (Å²) in [6.07, 6.45) is 3.33. The van der Waals surface area contributed by atoms with E-state index >= 15 is 0 Å². The topological polar surface area (TPSA) is 221 Å². The third-order valence-electron chi connectivity index (χ3n) is 13.1. The molecule has 0 aromatic heterocycles. The predicted octanol–water partition coefficient (Wildman–Crippen LogP) is 1.72. The summed E-state index contributed by atoms with van der Waals surface area (Å²) in [7, 11) is 12.4. The Morgan fingerprint density at radius 3 is 1.97 bits per heavy atom. The number of imide groups is 1. The third kappa shape index (κ3) is 18.3. The van der Waals surface area contributed by atoms with Gasteiger partial charge in [-0.25, -0.2) is 4.99 Å². The number of amides is 7. The van der Waals surface area contributed by atoms with Gasteiger partial charge in [-0.3, -0.25) is 38.5 Å². The molecule has 1 aromatic rings. The molecule has 2 aliphatic heterocycles. The molecule has 0 radical (unpaired) electrons. The first-order chi connectivity index (χ1) is 33.8. The number of nitrogens with one attached hydrogen (secondary N) is 3. The average molecular weight is 998 g/mol. The van der Waals surface area contributed by atoms with E-state index < -0.39 is 65.9 Å². The van der Waals surface area contributed by atoms with Gasteiger partial charge in [0.15, 0.2) is 5.96 Å². The summed E-state index contributed by atoms with van der Waals surface area (Å²) < 4.78 is 23.3. The van der Waals surface area contributed by atoms with Gasteiger partial charge in [-0.15, -0.1) is 0 Å². The van der Waals surface area contributed by atoms with Crippen LogP contribution in [0.15, 0.2) is 47.5 Å². The van der Waals surface area contributed by atoms with Crippen LogP contribution in [0.3, 0.4) is 0 Å². The second-order valence-corrected chi connectivity index (χ2v) is 19.0. The van der Waals surface area contributed by atoms with Gasteiger partial charge in [-0.1, -0.05) is 71.4 Å². The summed E-state index contributed by atoms with van der Waals surface area (Å²) in [5.74, 6) is -2.47. The zero-order valence-electron chi connectivity index (χ0n) is 44.3. The van der Waals surface area contributed by atoms with Crippen molar-refractivity contribution in [2.75, 3.05) is 102 Å². The molecule has 0 bridgehead atoms. The second-order valence-electron chi connectivity index (χ2n) is 19.0. The molecule has 20 nitrogen and oxygen atoms in total. The first-order valence-corrected chi connectivity index (χ1v) is 24.9. The van der Waals surface area contributed by atoms with Crippen molar-refractivity contribution in [3.8, 4) is 0 Å². The normalized spacial score (nSPS) is 17.5. The number of hydrogen-bond acceptors (Lipinski definition) is 12. The average Bonchev–Trinajstić information content (AvgIpc) is 3.95. The lowest BCUT2D eigenvalue weighted by atomic mass is 9.89. The first-order valence-electron chi connectivity index (χ1n) is 24.9. The van der Waals surface area contributed by atoms with Gasteiger partial charge in [0.05, 0.1) is 63.1 Å². The largest absolute Gasteiger partial charge is 0.379 e. The fourth-order valence-electron chi connectivity index (χ4n) is 9.03. The number of nitrogens with zero attached hydrogens (tertiary/aromatic N) is 6. The molecule has 0 saturated carbocycles. The van der Waals surface area contributed by atoms with Crippen LogP contribution in [0.5, 0.6) is 0 Å². The smallest absolute Gasteiger partial charge is 0.253 e. The van der Waals surface area contributed by atoms with E-state index in [2.05, 4.69) is 29.8 Å². The summed E-state index contributed by atoms with van der Waals surface area (Å²) in [4.78, 5) is 105. The van der Waals surface area contributed by atoms with E-state index in [4.69, 9.17) is 23.9 Å². The predicted molar refractivity (Wildman–Crippen MR) is 270 cm³/mol. The molecule has 8 atom stereocenters. The second kappa shape index (κ2) is 30.4. The Morgan fingerprint density at radius 2 is 1.42 bits per heavy atom. The van der Waals surface area contributed by atoms with Gasteiger partial charge >= 0.3 is 0 Å². The van der Waals surface area contributed by atoms with Crippen molar-refractivity contribution in [1.82, 2.24) is 40.4 Å². The minimum atomic E-state index is -0.921. The highest BCUT2D eigenvalue weighted by atomic mass is 16.5. The number of hydrogen-bond donors (Lipinski definition) is 3. The lowest BCUT2D eigenvalue weighted by Crippen LogP contribution is -2.55. The summed E-state index contributed by atoms with van der Waals surface area (Å²) in [6, 6.07) is 6.94. The molecule has 71 heavy (non-hydrogen) atoms. The molecule has 1 aromatic carbocycles. The van der Waals surface area contributed by atoms with E-state index in [9.17, 15) is 33.6 Å². The number of ether oxygens (including phenoxy) is 4. The van der Waals surface area contributed by atoms with Crippen LogP contribution in [-0.2, 0) is 58.9 Å². The molecule has 0 unspecified atom stereocenters. The number of likely N-dealkylation sites (tertiary alicyclic amines) is 1. The van der Waals surface area contributed by atoms with Crippen molar-refractivity contribution in [2.24, 2.45) is 22.7 Å². The van der Waals surface area contributed by atoms with Gasteiger partial charge in [0.2, 0.25) is 29.5 Å². The number of guanidine groups is 1. The van der Waals surface area contributed by atoms with Crippen LogP contribution in [0.25, 0.3) is 0 Å². The molecule has 7 amide bonds. The van der Waals surface area contributed by atoms with E-state index in [-0.39, 0.29) is 94.9 Å². The Kier molecular flexibility index (Phi) is 25.7. The Morgan fingerprint density at radius 1 is 0.817 bits per heavy atom. The first kappa shape index (κ1) is 59.9. The van der Waals surface area contributed by atoms with Gasteiger partial charge in [-0.05, 0) is 30.2 Å². The maximum Gasteiger partial charge on any atom is 0.253 e. The van der Waals surface area contributed by atoms with Crippen LogP contribution in [0.1, 0.15) is 72.3 Å². The minimum absolute atomic E-state index is 0.00597. The van der Waals surface area contributed by atoms with Crippen LogP contribution in [0.2, 0.25) is 0 Å². The van der Waals surface area contributed by atoms with Crippen LogP contribution in [-0.4, -0.2) is 210 Å². The Bertz CT molecular complexity index is 1920. The molecule has 3 N–H and O–H groups in total. The number of carbonyl (C=O) groups excluding carboxylic acids is 7. The molecule has 0 spiro atoms. The van der Waals surface area contributed by atoms with Crippen molar-refractivity contribution in [3.63, 3.8) is 0 Å². The zero-order valence-corrected chi connectivity index (χ0v) is 44.3. The lowest BCUT2D eigenvalue weighted by Gasteiger charge is -2.40. The molecule has 3 rings (SSSR count). The highest BCUT2D eigenvalue weighted by Gasteiger charge is 2.43. The quantitative estimate of drug-likeness (QED) is 0.0433. The Hall–Kier alpha value is -5.44. The van der Waals surface area contributed by atoms with E-state index in [1.165, 1.54) is 19.3 Å². The maximum absolute atomic E-state index is 14.4. The van der Waals surface area contributed by atoms with Crippen LogP contribution in [0.4, 0.5) is 0 Å². The fourth-order valence-corrected chi connectivity index (χ4v) is 9.03. The summed E-state index contributed by atoms with van der Waals surface area (Å²) in [6.45, 7) is 11.6. The van der Waals surface area contributed by atoms with Crippen LogP contribution in [0, 0.1) is 17.8 Å². The Labute approximate surface area is 421 Å². The molecule has 0 aliphatic carbocycles. The van der Waals surface area contributed by atoms with E-state index in [0.717, 1.165) is 16.9 Å². The molecule has 398 valence electrons. The van der Waals surface area contributed by atoms with Crippen molar-refractivity contribution in [2.45, 2.75) is 110 Å². The van der Waals surface area contributed by atoms with Gasteiger partial charge in [0.25, 0.3) is 11.8 Å². The zero-order chi connectivity index (χ0) is 52.8. The standard InChI is InChI=1S/C51H83N9O11/c1-13-35(4)46(58(10)50(67)45(34(2)3)55-51(56(6)7)57(8)9)40(68-11)33-44(64)59-26-17-20-39(59)47(69-12)36(5)48(65)54-38(32-37-18-15-14-16-19-37)49(66)53-25-29-71-31-30-70-28-24-52-41(61)23-27-60-42(62)21-22-43(60)63/h14-16,18-19,21-22,34-36,38-40,45-47H,13,17,20,23-33H2,1-12H3,(H,52,61)(H,53,66)(H,54,65)/t35-,36+,38-,39-,40+,45-,46-,47+/m0/s1. The number of carbonyl (C=O) groups is 7. The maximum atomic E-state index is 14.4. The van der Waals surface area contributed by atoms with E-state index in [1.54, 1.807) is 30.9 Å². The van der Waals surface area contributed by atoms with Crippen molar-refractivity contribution in [3.05, 3.63) is 48.0 Å². The molecule has 1 fully saturated rings. The minimum Gasteiger partial charge on any atom is -0.379 e. The monoisotopic (exact) mass is 998 g/mol. The lowest BCUT2D eigenvalue weighted by molar-refractivity contribution is -0.146. The van der Waals surface area contributed by atoms with E-state index in [1.807, 2.05) is 82.2 Å². The van der Waals surface area contributed by atoms with Crippen molar-refractivity contribution in [1.29, 1.82) is 0 Å². The Balaban J connectivity index is 1.60. The SMILES string of the molecule is CC[C@H](C)[C@@H]([C@@H](CC(=O)N1CCC[C@H]1[C@H](OC)[C@@H](C)C(=O)N[C@@H](Cc1ccccc1)C(=O)NCCOCCOCCNC(=O)CCN1C(=O)C=CC1=O)OC)N(C)C(=O)[C@@H](N=C(N(C)C)N(C)C)C(C)C. The molecule has 1 saturated heterocycles. The molecule has 2 heterocycles. The fraction of sp³-hybridized carbons (Fsp3) is 0.686. The number of aliphatic imine (C=N–C) groups is 1. The summed E-state index contributed by atoms with van der Waals surface area (Å²) >= 11 is 0. The van der Waals surface area contributed by atoms with Crippen LogP contribution >= 0.6 is 0 Å². The number of benzene rings is 1. The van der Waals surface area contributed by atoms with Crippen molar-refractivity contribution < 1.29 is 52.5 Å². The molecule has 20 heteroatoms. The van der Waals surface area contributed by atoms with Crippen LogP contribution < -0.4 is 16.0 Å². The number of rotatable bonds is 30. The van der Waals surface area contributed by atoms with E-state index in [0.29, 0.717) is 25.3 Å². The van der Waals surface area contributed by atoms with Gasteiger partial charge in [-0.2, -0.15) is 0 Å². The number of methoxy groups -OCH3 is 2. The van der Waals surface area contributed by atoms with Gasteiger partial charge in [0, 0.05) is 101 Å². The third-order valence-corrected chi connectivity index (χ3v) is 13.1. The highest BCUT2D eigenvalue weighted by molar-refractivity contribution is 6.13. The summed E-state index contributed by atoms with van der Waals surface area (Å²) in [5, 5.41) is 8.52. The van der Waals surface area contributed by atoms with Gasteiger partial charge < -0.3 is 54.5 Å². The number of likely N-dealkylation sites (N-methyl/N-ethyl adjacent to an activating group) is 1. The highest BCUT2D eigenvalue weighted by Crippen LogP contribution is 2.30. The molecular weight excluding hydrogens is 915 g/mol. The molecular formula is C51H83N9O11. The van der Waals surface area contributed by atoms with Gasteiger partial charge in [0.1, 0.15) is 12.1 Å². The summed E-state index contributed by atoms with van der Waals surface area (Å²) in [5.41, 5.74) is 0.852. The molecule has 2 aliphatic rings. The van der Waals surface area contributed by atoms with Crippen molar-refractivity contribution >= 4 is 47.3 Å².